The van der Waals surface area contributed by atoms with Crippen molar-refractivity contribution in [1.29, 1.82) is 0 Å². The fourth-order valence-corrected chi connectivity index (χ4v) is 2.74. The Bertz CT molecular complexity index is 759. The van der Waals surface area contributed by atoms with Crippen molar-refractivity contribution in [2.45, 2.75) is 0 Å². The predicted molar refractivity (Wildman–Crippen MR) is 91.3 cm³/mol. The lowest BCUT2D eigenvalue weighted by atomic mass is 10.1. The van der Waals surface area contributed by atoms with Crippen LogP contribution in [0.4, 0.5) is 11.4 Å². The molecule has 0 amide bonds. The first-order valence-corrected chi connectivity index (χ1v) is 7.18. The summed E-state index contributed by atoms with van der Waals surface area (Å²) >= 11 is 0. The van der Waals surface area contributed by atoms with Gasteiger partial charge in [-0.3, -0.25) is 0 Å². The monoisotopic (exact) mass is 359 g/mol. The number of hydrogen-bond donors (Lipinski definition) is 0. The number of halogens is 1. The number of anilines is 2. The molecule has 0 N–H and O–H groups in total. The van der Waals surface area contributed by atoms with Gasteiger partial charge in [-0.25, -0.2) is 0 Å². The molecule has 4 heteroatoms. The minimum Gasteiger partial charge on any atom is -1.00 e. The van der Waals surface area contributed by atoms with E-state index in [9.17, 15) is 0 Å². The van der Waals surface area contributed by atoms with Crippen LogP contribution >= 0.6 is 0 Å². The van der Waals surface area contributed by atoms with Crippen LogP contribution in [0, 0.1) is 0 Å². The van der Waals surface area contributed by atoms with Crippen molar-refractivity contribution in [3.8, 4) is 0 Å². The third-order valence-electron chi connectivity index (χ3n) is 4.09. The number of pyridine rings is 1. The number of fused-ring (bicyclic) bond motifs is 2. The Kier molecular flexibility index (Phi) is 4.61. The van der Waals surface area contributed by atoms with E-state index in [1.807, 2.05) is 0 Å². The summed E-state index contributed by atoms with van der Waals surface area (Å²) in [7, 11) is 10.4. The van der Waals surface area contributed by atoms with Gasteiger partial charge in [-0.05, 0) is 30.3 Å². The summed E-state index contributed by atoms with van der Waals surface area (Å²) in [6.07, 6.45) is 0. The Hall–Kier alpha value is -1.81. The van der Waals surface area contributed by atoms with E-state index in [-0.39, 0.29) is 17.0 Å². The molecule has 0 spiro atoms. The summed E-state index contributed by atoms with van der Waals surface area (Å²) in [4.78, 5) is 4.28. The number of nitrogens with zero attached hydrogens (tertiary/aromatic N) is 3. The topological polar surface area (TPSA) is 10.4 Å². The van der Waals surface area contributed by atoms with Crippen LogP contribution in [0.2, 0.25) is 0 Å². The Morgan fingerprint density at radius 3 is 1.45 bits per heavy atom. The summed E-state index contributed by atoms with van der Waals surface area (Å²) in [6.45, 7) is 0. The molecule has 0 atom stereocenters. The molecule has 0 fully saturated rings. The van der Waals surface area contributed by atoms with Gasteiger partial charge in [0.15, 0.2) is 0 Å². The van der Waals surface area contributed by atoms with Crippen LogP contribution in [0.25, 0.3) is 21.8 Å². The van der Waals surface area contributed by atoms with E-state index in [1.165, 1.54) is 33.2 Å². The van der Waals surface area contributed by atoms with E-state index in [1.54, 1.807) is 0 Å². The number of hydrogen-bond acceptors (Lipinski definition) is 2. The highest BCUT2D eigenvalue weighted by Gasteiger charge is 2.13. The molecule has 0 aliphatic heterocycles. The maximum Gasteiger partial charge on any atom is 0.214 e. The Labute approximate surface area is 142 Å². The maximum atomic E-state index is 2.28. The number of aryl methyl sites for hydroxylation is 1. The van der Waals surface area contributed by atoms with E-state index in [0.717, 1.165) is 0 Å². The van der Waals surface area contributed by atoms with Crippen molar-refractivity contribution in [3.63, 3.8) is 0 Å². The van der Waals surface area contributed by atoms with Gasteiger partial charge in [0.1, 0.15) is 7.05 Å². The highest BCUT2D eigenvalue weighted by molar-refractivity contribution is 5.91. The summed E-state index contributed by atoms with van der Waals surface area (Å²) < 4.78 is 2.28. The van der Waals surface area contributed by atoms with Crippen LogP contribution in [0.15, 0.2) is 42.5 Å². The quantitative estimate of drug-likeness (QED) is 0.469. The van der Waals surface area contributed by atoms with Gasteiger partial charge in [0.2, 0.25) is 11.0 Å². The van der Waals surface area contributed by atoms with Gasteiger partial charge in [-0.2, -0.15) is 4.57 Å². The molecule has 0 saturated heterocycles. The van der Waals surface area contributed by atoms with Gasteiger partial charge < -0.3 is 26.8 Å². The average molecular weight is 360 g/mol. The molecule has 22 heavy (non-hydrogen) atoms. The lowest BCUT2D eigenvalue weighted by Gasteiger charge is -2.14. The van der Waals surface area contributed by atoms with Crippen molar-refractivity contribution in [2.75, 3.05) is 38.0 Å². The SMILES string of the molecule is CN(C)c1ccc2cc3ccc(N(C)C)cc3[n+](C)c2c1.[Br-]. The summed E-state index contributed by atoms with van der Waals surface area (Å²) in [5, 5.41) is 2.54. The van der Waals surface area contributed by atoms with E-state index in [2.05, 4.69) is 92.1 Å². The lowest BCUT2D eigenvalue weighted by Crippen LogP contribution is -3.00. The van der Waals surface area contributed by atoms with Crippen molar-refractivity contribution >= 4 is 33.2 Å². The molecule has 116 valence electrons. The summed E-state index contributed by atoms with van der Waals surface area (Å²) in [5.41, 5.74) is 4.96. The molecule has 0 unspecified atom stereocenters. The van der Waals surface area contributed by atoms with Crippen molar-refractivity contribution in [2.24, 2.45) is 7.05 Å². The van der Waals surface area contributed by atoms with Crippen molar-refractivity contribution < 1.29 is 21.5 Å². The first kappa shape index (κ1) is 16.6. The van der Waals surface area contributed by atoms with Gasteiger partial charge in [0.25, 0.3) is 0 Å². The average Bonchev–Trinajstić information content (AvgIpc) is 2.46. The molecule has 0 saturated carbocycles. The second-order valence-corrected chi connectivity index (χ2v) is 5.98. The first-order valence-electron chi connectivity index (χ1n) is 7.18. The molecule has 0 radical (unpaired) electrons. The molecular formula is C18H22BrN3. The highest BCUT2D eigenvalue weighted by atomic mass is 79.9. The largest absolute Gasteiger partial charge is 1.00 e. The van der Waals surface area contributed by atoms with Gasteiger partial charge in [-0.1, -0.05) is 0 Å². The molecule has 0 bridgehead atoms. The second-order valence-electron chi connectivity index (χ2n) is 5.98. The Morgan fingerprint density at radius 2 is 1.09 bits per heavy atom. The number of benzene rings is 2. The molecule has 1 heterocycles. The zero-order valence-electron chi connectivity index (χ0n) is 13.8. The molecule has 0 aliphatic rings. The number of rotatable bonds is 2. The Balaban J connectivity index is 0.00000176. The summed E-state index contributed by atoms with van der Waals surface area (Å²) in [6, 6.07) is 15.5. The molecule has 0 aliphatic carbocycles. The van der Waals surface area contributed by atoms with Crippen LogP contribution in [-0.2, 0) is 7.05 Å². The molecule has 3 aromatic rings. The Morgan fingerprint density at radius 1 is 0.682 bits per heavy atom. The highest BCUT2D eigenvalue weighted by Crippen LogP contribution is 2.24. The second kappa shape index (κ2) is 6.13. The predicted octanol–water partition coefficient (Wildman–Crippen LogP) is -0.0465. The molecule has 2 aromatic carbocycles. The maximum absolute atomic E-state index is 2.28. The smallest absolute Gasteiger partial charge is 0.214 e. The van der Waals surface area contributed by atoms with Crippen molar-refractivity contribution in [3.05, 3.63) is 42.5 Å². The van der Waals surface area contributed by atoms with Gasteiger partial charge in [0.05, 0.1) is 0 Å². The van der Waals surface area contributed by atoms with Crippen LogP contribution in [0.5, 0.6) is 0 Å². The molecule has 3 rings (SSSR count). The van der Waals surface area contributed by atoms with Crippen LogP contribution in [-0.4, -0.2) is 28.2 Å². The summed E-state index contributed by atoms with van der Waals surface area (Å²) in [5.74, 6) is 0. The first-order chi connectivity index (χ1) is 9.97. The van der Waals surface area contributed by atoms with E-state index >= 15 is 0 Å². The zero-order valence-corrected chi connectivity index (χ0v) is 15.3. The fraction of sp³-hybridized carbons (Fsp3) is 0.278. The number of aromatic nitrogens is 1. The van der Waals surface area contributed by atoms with Gasteiger partial charge >= 0.3 is 0 Å². The minimum absolute atomic E-state index is 0. The normalized spacial score (nSPS) is 10.6. The van der Waals surface area contributed by atoms with E-state index < -0.39 is 0 Å². The third-order valence-corrected chi connectivity index (χ3v) is 4.09. The molecule has 3 nitrogen and oxygen atoms in total. The minimum atomic E-state index is 0. The lowest BCUT2D eigenvalue weighted by molar-refractivity contribution is -0.617. The third kappa shape index (κ3) is 2.75. The van der Waals surface area contributed by atoms with Gasteiger partial charge in [0, 0.05) is 62.5 Å². The zero-order chi connectivity index (χ0) is 15.1. The van der Waals surface area contributed by atoms with Crippen molar-refractivity contribution in [1.82, 2.24) is 0 Å². The van der Waals surface area contributed by atoms with Gasteiger partial charge in [-0.15, -0.1) is 0 Å². The van der Waals surface area contributed by atoms with E-state index in [4.69, 9.17) is 0 Å². The van der Waals surface area contributed by atoms with Crippen LogP contribution in [0.1, 0.15) is 0 Å². The fourth-order valence-electron chi connectivity index (χ4n) is 2.74. The standard InChI is InChI=1S/C18H22N3.BrH/c1-19(2)15-8-6-13-10-14-7-9-16(20(3)4)12-18(14)21(5)17(13)11-15;/h6-12H,1-5H3;1H/q+1;/p-1. The molecule has 1 aromatic heterocycles. The van der Waals surface area contributed by atoms with E-state index in [0.29, 0.717) is 0 Å². The van der Waals surface area contributed by atoms with Crippen LogP contribution < -0.4 is 31.3 Å². The molecular weight excluding hydrogens is 338 g/mol. The van der Waals surface area contributed by atoms with Crippen LogP contribution in [0.3, 0.4) is 0 Å².